The second kappa shape index (κ2) is 6.35. The van der Waals surface area contributed by atoms with Crippen molar-refractivity contribution < 1.29 is 4.79 Å². The average molecular weight is 275 g/mol. The van der Waals surface area contributed by atoms with E-state index in [1.54, 1.807) is 12.4 Å². The van der Waals surface area contributed by atoms with Crippen molar-refractivity contribution in [3.8, 4) is 0 Å². The van der Waals surface area contributed by atoms with Crippen LogP contribution in [0.25, 0.3) is 0 Å². The van der Waals surface area contributed by atoms with Crippen LogP contribution in [0, 0.1) is 5.41 Å². The van der Waals surface area contributed by atoms with Crippen molar-refractivity contribution in [1.29, 1.82) is 0 Å². The summed E-state index contributed by atoms with van der Waals surface area (Å²) in [6.07, 6.45) is 6.52. The lowest BCUT2D eigenvalue weighted by Gasteiger charge is -2.35. The van der Waals surface area contributed by atoms with Crippen molar-refractivity contribution in [2.45, 2.75) is 39.2 Å². The number of carbonyl (C=O) groups is 1. The average Bonchev–Trinajstić information content (AvgIpc) is 2.96. The monoisotopic (exact) mass is 275 g/mol. The smallest absolute Gasteiger partial charge is 0.230 e. The molecular formula is C16H25N3O. The maximum absolute atomic E-state index is 12.9. The number of nitrogens with zero attached hydrogens (tertiary/aromatic N) is 2. The van der Waals surface area contributed by atoms with Gasteiger partial charge in [0.25, 0.3) is 0 Å². The Morgan fingerprint density at radius 3 is 2.75 bits per heavy atom. The molecule has 0 saturated carbocycles. The summed E-state index contributed by atoms with van der Waals surface area (Å²) in [5, 5.41) is 3.35. The minimum atomic E-state index is -0.204. The Morgan fingerprint density at radius 1 is 1.50 bits per heavy atom. The molecule has 0 spiro atoms. The van der Waals surface area contributed by atoms with Gasteiger partial charge in [-0.1, -0.05) is 13.3 Å². The Bertz CT molecular complexity index is 440. The van der Waals surface area contributed by atoms with E-state index in [4.69, 9.17) is 0 Å². The highest BCUT2D eigenvalue weighted by Gasteiger charge is 2.42. The van der Waals surface area contributed by atoms with Gasteiger partial charge in [-0.3, -0.25) is 9.78 Å². The number of amides is 1. The van der Waals surface area contributed by atoms with Crippen molar-refractivity contribution in [3.05, 3.63) is 30.1 Å². The van der Waals surface area contributed by atoms with Gasteiger partial charge in [0, 0.05) is 26.0 Å². The molecule has 4 heteroatoms. The molecule has 0 aliphatic carbocycles. The molecule has 1 aromatic rings. The van der Waals surface area contributed by atoms with E-state index in [2.05, 4.69) is 24.1 Å². The first-order valence-electron chi connectivity index (χ1n) is 7.48. The molecule has 2 heterocycles. The summed E-state index contributed by atoms with van der Waals surface area (Å²) < 4.78 is 0. The molecule has 1 amide bonds. The molecule has 4 nitrogen and oxygen atoms in total. The summed E-state index contributed by atoms with van der Waals surface area (Å²) in [7, 11) is 1.92. The van der Waals surface area contributed by atoms with Crippen LogP contribution < -0.4 is 5.32 Å². The molecule has 1 fully saturated rings. The van der Waals surface area contributed by atoms with Gasteiger partial charge < -0.3 is 10.2 Å². The molecule has 1 saturated heterocycles. The molecule has 0 radical (unpaired) electrons. The largest absolute Gasteiger partial charge is 0.338 e. The van der Waals surface area contributed by atoms with Gasteiger partial charge in [0.15, 0.2) is 0 Å². The van der Waals surface area contributed by atoms with Crippen LogP contribution in [0.1, 0.15) is 44.7 Å². The van der Waals surface area contributed by atoms with Crippen molar-refractivity contribution in [1.82, 2.24) is 15.2 Å². The minimum absolute atomic E-state index is 0.0832. The van der Waals surface area contributed by atoms with E-state index in [-0.39, 0.29) is 17.4 Å². The number of aromatic nitrogens is 1. The van der Waals surface area contributed by atoms with E-state index in [1.165, 1.54) is 0 Å². The fourth-order valence-electron chi connectivity index (χ4n) is 3.14. The van der Waals surface area contributed by atoms with Crippen LogP contribution in [0.5, 0.6) is 0 Å². The zero-order valence-electron chi connectivity index (χ0n) is 12.7. The summed E-state index contributed by atoms with van der Waals surface area (Å²) in [5.74, 6) is 0.272. The first-order chi connectivity index (χ1) is 9.60. The van der Waals surface area contributed by atoms with Gasteiger partial charge in [-0.2, -0.15) is 0 Å². The Balaban J connectivity index is 2.15. The molecule has 2 unspecified atom stereocenters. The summed E-state index contributed by atoms with van der Waals surface area (Å²) in [6, 6.07) is 4.04. The van der Waals surface area contributed by atoms with E-state index in [0.717, 1.165) is 37.9 Å². The summed E-state index contributed by atoms with van der Waals surface area (Å²) in [6.45, 7) is 5.99. The highest BCUT2D eigenvalue weighted by atomic mass is 16.2. The summed E-state index contributed by atoms with van der Waals surface area (Å²) >= 11 is 0. The van der Waals surface area contributed by atoms with Crippen LogP contribution in [-0.4, -0.2) is 35.9 Å². The molecule has 110 valence electrons. The molecule has 2 rings (SSSR count). The zero-order chi connectivity index (χ0) is 14.6. The topological polar surface area (TPSA) is 45.2 Å². The van der Waals surface area contributed by atoms with E-state index < -0.39 is 0 Å². The lowest BCUT2D eigenvalue weighted by atomic mass is 9.80. The van der Waals surface area contributed by atoms with Crippen LogP contribution in [0.2, 0.25) is 0 Å². The molecule has 0 aromatic carbocycles. The number of hydrogen-bond donors (Lipinski definition) is 1. The SMILES string of the molecule is CCCC1(C(=O)N(C)C(C)c2ccncc2)CCNC1. The normalized spacial score (nSPS) is 23.6. The number of rotatable bonds is 5. The van der Waals surface area contributed by atoms with Gasteiger partial charge in [0.05, 0.1) is 11.5 Å². The van der Waals surface area contributed by atoms with Gasteiger partial charge in [-0.15, -0.1) is 0 Å². The molecular weight excluding hydrogens is 250 g/mol. The minimum Gasteiger partial charge on any atom is -0.338 e. The van der Waals surface area contributed by atoms with E-state index in [9.17, 15) is 4.79 Å². The number of nitrogens with one attached hydrogen (secondary N) is 1. The van der Waals surface area contributed by atoms with Crippen LogP contribution >= 0.6 is 0 Å². The van der Waals surface area contributed by atoms with Crippen LogP contribution in [0.4, 0.5) is 0 Å². The van der Waals surface area contributed by atoms with Crippen LogP contribution in [0.3, 0.4) is 0 Å². The molecule has 1 aliphatic heterocycles. The number of hydrogen-bond acceptors (Lipinski definition) is 3. The maximum atomic E-state index is 12.9. The highest BCUT2D eigenvalue weighted by molar-refractivity contribution is 5.83. The molecule has 1 aliphatic rings. The predicted octanol–water partition coefficient (Wildman–Crippen LogP) is 2.38. The molecule has 2 atom stereocenters. The van der Waals surface area contributed by atoms with Crippen molar-refractivity contribution in [2.75, 3.05) is 20.1 Å². The Hall–Kier alpha value is -1.42. The van der Waals surface area contributed by atoms with Crippen LogP contribution in [0.15, 0.2) is 24.5 Å². The van der Waals surface area contributed by atoms with Gasteiger partial charge in [0.1, 0.15) is 0 Å². The third-order valence-electron chi connectivity index (χ3n) is 4.52. The predicted molar refractivity (Wildman–Crippen MR) is 80.2 cm³/mol. The molecule has 20 heavy (non-hydrogen) atoms. The maximum Gasteiger partial charge on any atom is 0.230 e. The molecule has 1 N–H and O–H groups in total. The van der Waals surface area contributed by atoms with E-state index >= 15 is 0 Å². The van der Waals surface area contributed by atoms with Crippen LogP contribution in [-0.2, 0) is 4.79 Å². The summed E-state index contributed by atoms with van der Waals surface area (Å²) in [4.78, 5) is 18.9. The molecule has 0 bridgehead atoms. The lowest BCUT2D eigenvalue weighted by molar-refractivity contribution is -0.142. The number of pyridine rings is 1. The Labute approximate surface area is 121 Å². The standard InChI is InChI=1S/C16H25N3O/c1-4-7-16(8-11-18-12-16)15(20)19(3)13(2)14-5-9-17-10-6-14/h5-6,9-10,13,18H,4,7-8,11-12H2,1-3H3. The quantitative estimate of drug-likeness (QED) is 0.897. The molecule has 1 aromatic heterocycles. The van der Waals surface area contributed by atoms with E-state index in [1.807, 2.05) is 24.1 Å². The van der Waals surface area contributed by atoms with Crippen molar-refractivity contribution in [3.63, 3.8) is 0 Å². The second-order valence-electron chi connectivity index (χ2n) is 5.83. The third-order valence-corrected chi connectivity index (χ3v) is 4.52. The fraction of sp³-hybridized carbons (Fsp3) is 0.625. The Kier molecular flexibility index (Phi) is 4.76. The van der Waals surface area contributed by atoms with Gasteiger partial charge in [-0.25, -0.2) is 0 Å². The van der Waals surface area contributed by atoms with Gasteiger partial charge >= 0.3 is 0 Å². The first-order valence-corrected chi connectivity index (χ1v) is 7.48. The second-order valence-corrected chi connectivity index (χ2v) is 5.83. The zero-order valence-corrected chi connectivity index (χ0v) is 12.7. The first kappa shape index (κ1) is 15.0. The lowest BCUT2D eigenvalue weighted by Crippen LogP contribution is -2.44. The fourth-order valence-corrected chi connectivity index (χ4v) is 3.14. The van der Waals surface area contributed by atoms with E-state index in [0.29, 0.717) is 0 Å². The third kappa shape index (κ3) is 2.85. The van der Waals surface area contributed by atoms with Crippen molar-refractivity contribution >= 4 is 5.91 Å². The summed E-state index contributed by atoms with van der Waals surface area (Å²) in [5.41, 5.74) is 0.929. The highest BCUT2D eigenvalue weighted by Crippen LogP contribution is 2.35. The van der Waals surface area contributed by atoms with Gasteiger partial charge in [-0.05, 0) is 44.0 Å². The van der Waals surface area contributed by atoms with Crippen molar-refractivity contribution in [2.24, 2.45) is 5.41 Å². The Morgan fingerprint density at radius 2 is 2.20 bits per heavy atom. The number of carbonyl (C=O) groups excluding carboxylic acids is 1. The van der Waals surface area contributed by atoms with Gasteiger partial charge in [0.2, 0.25) is 5.91 Å².